The molecule has 0 aliphatic heterocycles. The number of fused-ring (bicyclic) bond motifs is 1. The minimum Gasteiger partial charge on any atom is -0.349 e. The lowest BCUT2D eigenvalue weighted by Crippen LogP contribution is -2.11. The van der Waals surface area contributed by atoms with Gasteiger partial charge in [0.15, 0.2) is 0 Å². The van der Waals surface area contributed by atoms with Crippen molar-refractivity contribution in [1.29, 1.82) is 0 Å². The number of anilines is 1. The van der Waals surface area contributed by atoms with Crippen LogP contribution in [0.4, 0.5) is 5.69 Å². The molecule has 3 aromatic heterocycles. The van der Waals surface area contributed by atoms with Crippen molar-refractivity contribution in [2.24, 2.45) is 0 Å². The maximum absolute atomic E-state index is 11.9. The van der Waals surface area contributed by atoms with E-state index in [0.717, 1.165) is 11.0 Å². The van der Waals surface area contributed by atoms with Crippen molar-refractivity contribution in [2.75, 3.05) is 5.32 Å². The fourth-order valence-corrected chi connectivity index (χ4v) is 1.60. The first-order valence-electron chi connectivity index (χ1n) is 5.07. The van der Waals surface area contributed by atoms with Crippen LogP contribution in [0.15, 0.2) is 36.8 Å². The van der Waals surface area contributed by atoms with Gasteiger partial charge in [0, 0.05) is 12.4 Å². The number of carbonyl (C=O) groups excluding carboxylic acids is 1. The van der Waals surface area contributed by atoms with Crippen LogP contribution in [0.2, 0.25) is 0 Å². The lowest BCUT2D eigenvalue weighted by molar-refractivity contribution is 0.102. The van der Waals surface area contributed by atoms with Crippen molar-refractivity contribution in [3.05, 3.63) is 42.5 Å². The van der Waals surface area contributed by atoms with Crippen LogP contribution >= 0.6 is 0 Å². The first-order valence-corrected chi connectivity index (χ1v) is 5.07. The van der Waals surface area contributed by atoms with Crippen molar-refractivity contribution < 1.29 is 4.79 Å². The van der Waals surface area contributed by atoms with Gasteiger partial charge in [-0.05, 0) is 18.2 Å². The summed E-state index contributed by atoms with van der Waals surface area (Å²) in [7, 11) is 0. The maximum atomic E-state index is 11.9. The molecule has 3 heterocycles. The summed E-state index contributed by atoms with van der Waals surface area (Å²) in [4.78, 5) is 19.0. The van der Waals surface area contributed by atoms with E-state index in [0.29, 0.717) is 11.4 Å². The molecule has 3 aromatic rings. The Morgan fingerprint density at radius 3 is 3.12 bits per heavy atom. The number of aromatic amines is 2. The van der Waals surface area contributed by atoms with Gasteiger partial charge in [-0.2, -0.15) is 5.10 Å². The molecule has 6 heteroatoms. The topological polar surface area (TPSA) is 86.5 Å². The van der Waals surface area contributed by atoms with Crippen molar-refractivity contribution in [3.8, 4) is 0 Å². The van der Waals surface area contributed by atoms with Crippen LogP contribution in [0.5, 0.6) is 0 Å². The van der Waals surface area contributed by atoms with Gasteiger partial charge in [0.25, 0.3) is 5.91 Å². The third-order valence-corrected chi connectivity index (χ3v) is 2.39. The molecule has 0 saturated heterocycles. The van der Waals surface area contributed by atoms with E-state index in [1.807, 2.05) is 12.1 Å². The molecule has 0 aliphatic rings. The van der Waals surface area contributed by atoms with Gasteiger partial charge in [-0.1, -0.05) is 0 Å². The van der Waals surface area contributed by atoms with Crippen molar-refractivity contribution in [2.45, 2.75) is 0 Å². The van der Waals surface area contributed by atoms with Crippen LogP contribution in [0.1, 0.15) is 10.5 Å². The van der Waals surface area contributed by atoms with Crippen molar-refractivity contribution >= 4 is 22.6 Å². The first-order chi connectivity index (χ1) is 8.33. The van der Waals surface area contributed by atoms with E-state index in [1.165, 1.54) is 0 Å². The molecule has 0 saturated carbocycles. The zero-order valence-corrected chi connectivity index (χ0v) is 8.77. The van der Waals surface area contributed by atoms with E-state index >= 15 is 0 Å². The van der Waals surface area contributed by atoms with Gasteiger partial charge in [-0.15, -0.1) is 0 Å². The second-order valence-electron chi connectivity index (χ2n) is 3.56. The van der Waals surface area contributed by atoms with Crippen LogP contribution in [-0.2, 0) is 0 Å². The first kappa shape index (κ1) is 9.59. The maximum Gasteiger partial charge on any atom is 0.272 e. The SMILES string of the molecule is O=C(Nc1cn[nH]c1)c1cc2ncccc2[nH]1. The third kappa shape index (κ3) is 1.76. The number of hydrogen-bond acceptors (Lipinski definition) is 3. The number of nitrogens with one attached hydrogen (secondary N) is 3. The summed E-state index contributed by atoms with van der Waals surface area (Å²) in [6, 6.07) is 5.40. The number of pyridine rings is 1. The molecule has 0 spiro atoms. The molecule has 0 aliphatic carbocycles. The minimum atomic E-state index is -0.218. The number of nitrogens with zero attached hydrogens (tertiary/aromatic N) is 2. The predicted octanol–water partition coefficient (Wildman–Crippen LogP) is 1.54. The monoisotopic (exact) mass is 227 g/mol. The molecule has 3 rings (SSSR count). The van der Waals surface area contributed by atoms with Gasteiger partial charge in [0.1, 0.15) is 5.69 Å². The van der Waals surface area contributed by atoms with E-state index in [4.69, 9.17) is 0 Å². The van der Waals surface area contributed by atoms with Crippen LogP contribution in [0.3, 0.4) is 0 Å². The summed E-state index contributed by atoms with van der Waals surface area (Å²) in [5, 5.41) is 9.08. The quantitative estimate of drug-likeness (QED) is 0.620. The average Bonchev–Trinajstić information content (AvgIpc) is 2.96. The van der Waals surface area contributed by atoms with Gasteiger partial charge in [0.05, 0.1) is 22.9 Å². The van der Waals surface area contributed by atoms with E-state index in [9.17, 15) is 4.79 Å². The highest BCUT2D eigenvalue weighted by Gasteiger charge is 2.10. The Kier molecular flexibility index (Phi) is 2.11. The highest BCUT2D eigenvalue weighted by molar-refractivity contribution is 6.05. The molecule has 6 nitrogen and oxygen atoms in total. The zero-order valence-electron chi connectivity index (χ0n) is 8.77. The molecular formula is C11H9N5O. The fraction of sp³-hybridized carbons (Fsp3) is 0. The van der Waals surface area contributed by atoms with E-state index in [1.54, 1.807) is 24.7 Å². The molecule has 84 valence electrons. The molecule has 1 amide bonds. The Balaban J connectivity index is 1.90. The summed E-state index contributed by atoms with van der Waals surface area (Å²) in [5.74, 6) is -0.218. The molecule has 17 heavy (non-hydrogen) atoms. The zero-order chi connectivity index (χ0) is 11.7. The van der Waals surface area contributed by atoms with E-state index < -0.39 is 0 Å². The number of hydrogen-bond donors (Lipinski definition) is 3. The highest BCUT2D eigenvalue weighted by Crippen LogP contribution is 2.13. The molecule has 0 atom stereocenters. The van der Waals surface area contributed by atoms with Crippen LogP contribution < -0.4 is 5.32 Å². The van der Waals surface area contributed by atoms with Crippen molar-refractivity contribution in [3.63, 3.8) is 0 Å². The van der Waals surface area contributed by atoms with E-state index in [2.05, 4.69) is 25.5 Å². The largest absolute Gasteiger partial charge is 0.349 e. The highest BCUT2D eigenvalue weighted by atomic mass is 16.1. The van der Waals surface area contributed by atoms with Crippen LogP contribution in [0.25, 0.3) is 11.0 Å². The number of H-pyrrole nitrogens is 2. The predicted molar refractivity (Wildman–Crippen MR) is 62.6 cm³/mol. The molecule has 0 unspecified atom stereocenters. The number of aromatic nitrogens is 4. The minimum absolute atomic E-state index is 0.218. The average molecular weight is 227 g/mol. The smallest absolute Gasteiger partial charge is 0.272 e. The van der Waals surface area contributed by atoms with Gasteiger partial charge in [-0.25, -0.2) is 0 Å². The Morgan fingerprint density at radius 2 is 2.35 bits per heavy atom. The summed E-state index contributed by atoms with van der Waals surface area (Å²) in [6.07, 6.45) is 4.84. The molecular weight excluding hydrogens is 218 g/mol. The Hall–Kier alpha value is -2.63. The van der Waals surface area contributed by atoms with Gasteiger partial charge in [-0.3, -0.25) is 14.9 Å². The molecule has 0 bridgehead atoms. The number of rotatable bonds is 2. The Morgan fingerprint density at radius 1 is 1.41 bits per heavy atom. The Labute approximate surface area is 96.1 Å². The standard InChI is InChI=1S/C11H9N5O/c17-11(15-7-5-13-14-6-7)10-4-9-8(16-10)2-1-3-12-9/h1-6,16H,(H,13,14)(H,15,17). The number of carbonyl (C=O) groups is 1. The van der Waals surface area contributed by atoms with Crippen LogP contribution in [-0.4, -0.2) is 26.1 Å². The summed E-state index contributed by atoms with van der Waals surface area (Å²) in [6.45, 7) is 0. The normalized spacial score (nSPS) is 10.6. The molecule has 0 aromatic carbocycles. The Bertz CT molecular complexity index is 622. The second-order valence-corrected chi connectivity index (χ2v) is 3.56. The van der Waals surface area contributed by atoms with Gasteiger partial charge < -0.3 is 10.3 Å². The van der Waals surface area contributed by atoms with E-state index in [-0.39, 0.29) is 5.91 Å². The summed E-state index contributed by atoms with van der Waals surface area (Å²) >= 11 is 0. The lowest BCUT2D eigenvalue weighted by atomic mass is 10.3. The lowest BCUT2D eigenvalue weighted by Gasteiger charge is -1.98. The fourth-order valence-electron chi connectivity index (χ4n) is 1.60. The summed E-state index contributed by atoms with van der Waals surface area (Å²) < 4.78 is 0. The van der Waals surface area contributed by atoms with Crippen molar-refractivity contribution in [1.82, 2.24) is 20.2 Å². The molecule has 3 N–H and O–H groups in total. The third-order valence-electron chi connectivity index (χ3n) is 2.39. The number of amides is 1. The molecule has 0 fully saturated rings. The molecule has 0 radical (unpaired) electrons. The van der Waals surface area contributed by atoms with Gasteiger partial charge >= 0.3 is 0 Å². The van der Waals surface area contributed by atoms with Gasteiger partial charge in [0.2, 0.25) is 0 Å². The summed E-state index contributed by atoms with van der Waals surface area (Å²) in [5.41, 5.74) is 2.70. The second kappa shape index (κ2) is 3.75. The van der Waals surface area contributed by atoms with Crippen LogP contribution in [0, 0.1) is 0 Å².